The molecule has 1 aromatic heterocycles. The fourth-order valence-corrected chi connectivity index (χ4v) is 1.90. The predicted molar refractivity (Wildman–Crippen MR) is 55.2 cm³/mol. The van der Waals surface area contributed by atoms with Crippen molar-refractivity contribution in [3.63, 3.8) is 0 Å². The van der Waals surface area contributed by atoms with Crippen molar-refractivity contribution in [3.05, 3.63) is 23.5 Å². The second-order valence-electron chi connectivity index (χ2n) is 3.67. The average molecular weight is 187 g/mol. The largest absolute Gasteiger partial charge is 0.352 e. The highest BCUT2D eigenvalue weighted by molar-refractivity contribution is 5.98. The number of Topliss-reactive ketones (excluding diaryl/α,β-unsaturated/α-hetero) is 1. The zero-order chi connectivity index (χ0) is 9.97. The molecule has 14 heavy (non-hydrogen) atoms. The van der Waals surface area contributed by atoms with Gasteiger partial charge >= 0.3 is 0 Å². The van der Waals surface area contributed by atoms with Crippen molar-refractivity contribution in [2.45, 2.75) is 32.2 Å². The van der Waals surface area contributed by atoms with Gasteiger partial charge in [-0.2, -0.15) is 0 Å². The minimum atomic E-state index is 0.283. The molecule has 0 N–H and O–H groups in total. The van der Waals surface area contributed by atoms with E-state index in [0.29, 0.717) is 6.42 Å². The third-order valence-electron chi connectivity index (χ3n) is 2.63. The summed E-state index contributed by atoms with van der Waals surface area (Å²) in [4.78, 5) is 11.5. The zero-order valence-corrected chi connectivity index (χ0v) is 8.12. The molecule has 2 rings (SSSR count). The molecule has 1 aliphatic carbocycles. The first kappa shape index (κ1) is 9.08. The van der Waals surface area contributed by atoms with Crippen LogP contribution in [0.4, 0.5) is 0 Å². The van der Waals surface area contributed by atoms with Crippen LogP contribution >= 0.6 is 0 Å². The molecule has 1 aliphatic rings. The van der Waals surface area contributed by atoms with Crippen LogP contribution < -0.4 is 0 Å². The molecule has 0 saturated heterocycles. The maximum Gasteiger partial charge on any atom is 0.164 e. The van der Waals surface area contributed by atoms with Crippen LogP contribution in [0.25, 0.3) is 0 Å². The third-order valence-corrected chi connectivity index (χ3v) is 2.63. The lowest BCUT2D eigenvalue weighted by molar-refractivity contribution is 0.0973. The van der Waals surface area contributed by atoms with E-state index in [9.17, 15) is 4.79 Å². The Morgan fingerprint density at radius 1 is 1.43 bits per heavy atom. The van der Waals surface area contributed by atoms with Crippen molar-refractivity contribution in [1.82, 2.24) is 4.57 Å². The first-order valence-electron chi connectivity index (χ1n) is 4.96. The summed E-state index contributed by atoms with van der Waals surface area (Å²) in [6.45, 7) is 0.816. The first-order chi connectivity index (χ1) is 6.81. The van der Waals surface area contributed by atoms with Gasteiger partial charge in [0.2, 0.25) is 0 Å². The van der Waals surface area contributed by atoms with Gasteiger partial charge in [-0.25, -0.2) is 0 Å². The van der Waals surface area contributed by atoms with E-state index >= 15 is 0 Å². The van der Waals surface area contributed by atoms with Gasteiger partial charge in [-0.05, 0) is 18.4 Å². The lowest BCUT2D eigenvalue weighted by atomic mass is 9.95. The van der Waals surface area contributed by atoms with E-state index in [4.69, 9.17) is 6.42 Å². The van der Waals surface area contributed by atoms with E-state index in [0.717, 1.165) is 31.4 Å². The number of hydrogen-bond acceptors (Lipinski definition) is 1. The van der Waals surface area contributed by atoms with Gasteiger partial charge in [0.1, 0.15) is 0 Å². The Hall–Kier alpha value is -1.49. The summed E-state index contributed by atoms with van der Waals surface area (Å²) in [5, 5.41) is 0. The Morgan fingerprint density at radius 3 is 3.00 bits per heavy atom. The third kappa shape index (κ3) is 1.58. The van der Waals surface area contributed by atoms with Gasteiger partial charge in [0.15, 0.2) is 5.78 Å². The molecular formula is C12H13NO. The van der Waals surface area contributed by atoms with Crippen molar-refractivity contribution in [1.29, 1.82) is 0 Å². The number of carbonyl (C=O) groups excluding carboxylic acids is 1. The lowest BCUT2D eigenvalue weighted by Crippen LogP contribution is -2.07. The Labute approximate surface area is 83.9 Å². The minimum absolute atomic E-state index is 0.283. The molecule has 0 spiro atoms. The van der Waals surface area contributed by atoms with Crippen LogP contribution in [-0.2, 0) is 13.0 Å². The average Bonchev–Trinajstić information content (AvgIpc) is 2.59. The number of fused-ring (bicyclic) bond motifs is 1. The summed E-state index contributed by atoms with van der Waals surface area (Å²) in [5.74, 6) is 2.89. The molecule has 0 amide bonds. The molecule has 0 fully saturated rings. The number of hydrogen-bond donors (Lipinski definition) is 0. The van der Waals surface area contributed by atoms with Gasteiger partial charge in [-0.1, -0.05) is 0 Å². The maximum absolute atomic E-state index is 11.5. The molecule has 0 aromatic carbocycles. The van der Waals surface area contributed by atoms with E-state index in [1.165, 1.54) is 5.56 Å². The quantitative estimate of drug-likeness (QED) is 0.649. The summed E-state index contributed by atoms with van der Waals surface area (Å²) < 4.78 is 2.04. The highest BCUT2D eigenvalue weighted by Crippen LogP contribution is 2.21. The summed E-state index contributed by atoms with van der Waals surface area (Å²) in [6, 6.07) is 0. The Kier molecular flexibility index (Phi) is 2.41. The van der Waals surface area contributed by atoms with Crippen molar-refractivity contribution < 1.29 is 4.79 Å². The summed E-state index contributed by atoms with van der Waals surface area (Å²) in [7, 11) is 0. The van der Waals surface area contributed by atoms with Crippen LogP contribution in [0.15, 0.2) is 12.4 Å². The Bertz CT molecular complexity index is 395. The van der Waals surface area contributed by atoms with E-state index in [-0.39, 0.29) is 5.78 Å². The zero-order valence-electron chi connectivity index (χ0n) is 8.12. The van der Waals surface area contributed by atoms with Gasteiger partial charge in [0, 0.05) is 37.3 Å². The van der Waals surface area contributed by atoms with Crippen LogP contribution in [0.2, 0.25) is 0 Å². The molecule has 0 atom stereocenters. The molecule has 0 radical (unpaired) electrons. The molecule has 1 heterocycles. The molecule has 0 saturated carbocycles. The Morgan fingerprint density at radius 2 is 2.29 bits per heavy atom. The van der Waals surface area contributed by atoms with Crippen molar-refractivity contribution in [3.8, 4) is 12.3 Å². The van der Waals surface area contributed by atoms with Crippen LogP contribution in [0, 0.1) is 12.3 Å². The molecule has 72 valence electrons. The molecule has 0 aliphatic heterocycles. The fraction of sp³-hybridized carbons (Fsp3) is 0.417. The number of ketones is 1. The van der Waals surface area contributed by atoms with Crippen molar-refractivity contribution in [2.75, 3.05) is 0 Å². The van der Waals surface area contributed by atoms with Gasteiger partial charge in [0.05, 0.1) is 0 Å². The monoisotopic (exact) mass is 187 g/mol. The van der Waals surface area contributed by atoms with Crippen LogP contribution in [0.1, 0.15) is 35.2 Å². The van der Waals surface area contributed by atoms with Crippen molar-refractivity contribution >= 4 is 5.78 Å². The summed E-state index contributed by atoms with van der Waals surface area (Å²) in [5.41, 5.74) is 2.10. The molecule has 0 bridgehead atoms. The highest BCUT2D eigenvalue weighted by atomic mass is 16.1. The van der Waals surface area contributed by atoms with E-state index in [1.54, 1.807) is 0 Å². The predicted octanol–water partition coefficient (Wildman–Crippen LogP) is 2.03. The van der Waals surface area contributed by atoms with E-state index < -0.39 is 0 Å². The van der Waals surface area contributed by atoms with E-state index in [1.807, 2.05) is 10.8 Å². The molecule has 2 heteroatoms. The topological polar surface area (TPSA) is 22.0 Å². The summed E-state index contributed by atoms with van der Waals surface area (Å²) in [6.07, 6.45) is 12.6. The fourth-order valence-electron chi connectivity index (χ4n) is 1.90. The van der Waals surface area contributed by atoms with E-state index in [2.05, 4.69) is 12.1 Å². The minimum Gasteiger partial charge on any atom is -0.352 e. The molecular weight excluding hydrogens is 174 g/mol. The SMILES string of the molecule is C#CCCn1cc2c(c1)C(=O)CCC2. The number of aromatic nitrogens is 1. The van der Waals surface area contributed by atoms with Gasteiger partial charge in [-0.3, -0.25) is 4.79 Å². The summed E-state index contributed by atoms with van der Waals surface area (Å²) >= 11 is 0. The second kappa shape index (κ2) is 3.71. The number of carbonyl (C=O) groups is 1. The van der Waals surface area contributed by atoms with Gasteiger partial charge < -0.3 is 4.57 Å². The highest BCUT2D eigenvalue weighted by Gasteiger charge is 2.18. The maximum atomic E-state index is 11.5. The van der Waals surface area contributed by atoms with Gasteiger partial charge in [0.25, 0.3) is 0 Å². The second-order valence-corrected chi connectivity index (χ2v) is 3.67. The lowest BCUT2D eigenvalue weighted by Gasteiger charge is -2.07. The normalized spacial score (nSPS) is 14.9. The number of nitrogens with zero attached hydrogens (tertiary/aromatic N) is 1. The first-order valence-corrected chi connectivity index (χ1v) is 4.96. The molecule has 2 nitrogen and oxygen atoms in total. The molecule has 0 unspecified atom stereocenters. The number of terminal acetylenes is 1. The Balaban J connectivity index is 2.22. The van der Waals surface area contributed by atoms with Crippen molar-refractivity contribution in [2.24, 2.45) is 0 Å². The van der Waals surface area contributed by atoms with Crippen LogP contribution in [0.3, 0.4) is 0 Å². The number of rotatable bonds is 2. The number of aryl methyl sites for hydroxylation is 2. The standard InChI is InChI=1S/C12H13NO/c1-2-3-7-13-8-10-5-4-6-12(14)11(10)9-13/h1,8-9H,3-7H2. The smallest absolute Gasteiger partial charge is 0.164 e. The molecule has 1 aromatic rings. The van der Waals surface area contributed by atoms with Crippen LogP contribution in [-0.4, -0.2) is 10.4 Å². The van der Waals surface area contributed by atoms with Crippen LogP contribution in [0.5, 0.6) is 0 Å². The van der Waals surface area contributed by atoms with Gasteiger partial charge in [-0.15, -0.1) is 12.3 Å².